The summed E-state index contributed by atoms with van der Waals surface area (Å²) in [6.45, 7) is 0. The van der Waals surface area contributed by atoms with Crippen molar-refractivity contribution < 1.29 is 15.0 Å². The van der Waals surface area contributed by atoms with Crippen molar-refractivity contribution in [3.05, 3.63) is 0 Å². The summed E-state index contributed by atoms with van der Waals surface area (Å²) in [4.78, 5) is 8.33. The van der Waals surface area contributed by atoms with E-state index in [1.165, 1.54) is 0 Å². The van der Waals surface area contributed by atoms with Gasteiger partial charge in [0, 0.05) is 0 Å². The Labute approximate surface area is 102 Å². The summed E-state index contributed by atoms with van der Waals surface area (Å²) in [6, 6.07) is 0. The molecule has 0 bridgehead atoms. The molecule has 0 aromatic carbocycles. The van der Waals surface area contributed by atoms with Crippen LogP contribution in [0.3, 0.4) is 0 Å². The van der Waals surface area contributed by atoms with E-state index >= 15 is 0 Å². The first-order chi connectivity index (χ1) is 1.73. The third-order valence-electron chi connectivity index (χ3n) is 0. The van der Waals surface area contributed by atoms with E-state index in [1.54, 1.807) is 0 Å². The Kier molecular flexibility index (Phi) is 51.6. The number of rotatable bonds is 0. The molecule has 0 N–H and O–H groups in total. The minimum absolute atomic E-state index is 0. The van der Waals surface area contributed by atoms with Crippen molar-refractivity contribution >= 4 is 88.3 Å². The molecular formula is CH2MgNa2O3. The molecule has 3 nitrogen and oxygen atoms in total. The van der Waals surface area contributed by atoms with Crippen molar-refractivity contribution in [2.24, 2.45) is 0 Å². The van der Waals surface area contributed by atoms with Crippen molar-refractivity contribution in [3.63, 3.8) is 0 Å². The van der Waals surface area contributed by atoms with Gasteiger partial charge < -0.3 is 15.0 Å². The van der Waals surface area contributed by atoms with Crippen LogP contribution in [0.4, 0.5) is 4.79 Å². The van der Waals surface area contributed by atoms with Gasteiger partial charge in [-0.25, -0.2) is 0 Å². The molecule has 0 spiro atoms. The standard InChI is InChI=1S/CH2O3.Mg.2Na.2H/c2-1(3)4;;;;;/h(H2,2,3,4);;;;;/q;+2;;;;/p-2. The van der Waals surface area contributed by atoms with Crippen molar-refractivity contribution in [1.29, 1.82) is 0 Å². The Hall–Kier alpha value is 2.04. The summed E-state index contributed by atoms with van der Waals surface area (Å²) in [7, 11) is 0. The molecule has 0 aromatic rings. The van der Waals surface area contributed by atoms with Crippen LogP contribution in [0.15, 0.2) is 0 Å². The predicted molar refractivity (Wildman–Crippen MR) is 25.4 cm³/mol. The van der Waals surface area contributed by atoms with E-state index in [-0.39, 0.29) is 82.2 Å². The van der Waals surface area contributed by atoms with Gasteiger partial charge in [0.1, 0.15) is 0 Å². The van der Waals surface area contributed by atoms with Gasteiger partial charge in [0.2, 0.25) is 0 Å². The normalized spacial score (nSPS) is 3.43. The molecule has 0 unspecified atom stereocenters. The van der Waals surface area contributed by atoms with Crippen LogP contribution in [0.25, 0.3) is 0 Å². The molecular weight excluding hydrogens is 130 g/mol. The quantitative estimate of drug-likeness (QED) is 0.315. The zero-order valence-electron chi connectivity index (χ0n) is 2.43. The molecule has 28 valence electrons. The van der Waals surface area contributed by atoms with Crippen LogP contribution in [-0.2, 0) is 0 Å². The Morgan fingerprint density at radius 2 is 1.14 bits per heavy atom. The van der Waals surface area contributed by atoms with Crippen LogP contribution in [0.1, 0.15) is 0 Å². The van der Waals surface area contributed by atoms with Crippen molar-refractivity contribution in [3.8, 4) is 0 Å². The van der Waals surface area contributed by atoms with Crippen molar-refractivity contribution in [2.45, 2.75) is 0 Å². The van der Waals surface area contributed by atoms with Crippen LogP contribution >= 0.6 is 0 Å². The van der Waals surface area contributed by atoms with Crippen molar-refractivity contribution in [2.75, 3.05) is 0 Å². The Balaban J connectivity index is -0.0000000150. The molecule has 0 fully saturated rings. The molecule has 0 aromatic heterocycles. The van der Waals surface area contributed by atoms with Gasteiger partial charge in [0.25, 0.3) is 0 Å². The molecule has 0 saturated carbocycles. The van der Waals surface area contributed by atoms with Crippen LogP contribution in [0, 0.1) is 0 Å². The van der Waals surface area contributed by atoms with E-state index in [1.807, 2.05) is 0 Å². The second-order valence-corrected chi connectivity index (χ2v) is 0.250. The number of hydrogen-bond donors (Lipinski definition) is 0. The summed E-state index contributed by atoms with van der Waals surface area (Å²) in [6.07, 6.45) is -2.33. The van der Waals surface area contributed by atoms with Gasteiger partial charge in [0.05, 0.1) is 0 Å². The first kappa shape index (κ1) is 23.0. The molecule has 0 aliphatic rings. The molecule has 0 atom stereocenters. The van der Waals surface area contributed by atoms with E-state index < -0.39 is 6.16 Å². The third kappa shape index (κ3) is 70.6. The van der Waals surface area contributed by atoms with Gasteiger partial charge >= 0.3 is 82.2 Å². The summed E-state index contributed by atoms with van der Waals surface area (Å²) in [5.74, 6) is 0. The fourth-order valence-corrected chi connectivity index (χ4v) is 0. The van der Waals surface area contributed by atoms with Gasteiger partial charge in [-0.05, 0) is 6.16 Å². The maximum atomic E-state index is 8.33. The molecule has 0 aliphatic heterocycles. The number of carbonyl (C=O) groups is 1. The molecule has 7 heavy (non-hydrogen) atoms. The molecule has 6 heteroatoms. The summed E-state index contributed by atoms with van der Waals surface area (Å²) >= 11 is 0. The average Bonchev–Trinajstić information content (AvgIpc) is 0.811. The third-order valence-corrected chi connectivity index (χ3v) is 0. The van der Waals surface area contributed by atoms with Crippen LogP contribution in [-0.4, -0.2) is 88.3 Å². The first-order valence-corrected chi connectivity index (χ1v) is 0.612. The van der Waals surface area contributed by atoms with E-state index in [9.17, 15) is 0 Å². The zero-order valence-corrected chi connectivity index (χ0v) is 3.85. The first-order valence-electron chi connectivity index (χ1n) is 0.612. The van der Waals surface area contributed by atoms with Crippen LogP contribution < -0.4 is 10.2 Å². The monoisotopic (exact) mass is 132 g/mol. The predicted octanol–water partition coefficient (Wildman–Crippen LogP) is -4.12. The summed E-state index contributed by atoms with van der Waals surface area (Å²) in [5.41, 5.74) is 0. The second-order valence-electron chi connectivity index (χ2n) is 0.250. The van der Waals surface area contributed by atoms with E-state index in [2.05, 4.69) is 0 Å². The van der Waals surface area contributed by atoms with Gasteiger partial charge in [-0.15, -0.1) is 0 Å². The Morgan fingerprint density at radius 3 is 1.14 bits per heavy atom. The minimum atomic E-state index is -2.33. The van der Waals surface area contributed by atoms with Crippen LogP contribution in [0.5, 0.6) is 0 Å². The van der Waals surface area contributed by atoms with Gasteiger partial charge in [-0.1, -0.05) is 0 Å². The molecule has 0 aliphatic carbocycles. The number of hydrogen-bond acceptors (Lipinski definition) is 3. The van der Waals surface area contributed by atoms with Crippen molar-refractivity contribution in [1.82, 2.24) is 0 Å². The number of carboxylic acid groups (broad SMARTS) is 2. The second kappa shape index (κ2) is 15.7. The molecule has 0 rings (SSSR count). The Morgan fingerprint density at radius 1 is 1.14 bits per heavy atom. The van der Waals surface area contributed by atoms with Gasteiger partial charge in [0.15, 0.2) is 0 Å². The van der Waals surface area contributed by atoms with Gasteiger partial charge in [-0.2, -0.15) is 0 Å². The zero-order chi connectivity index (χ0) is 3.58. The Bertz CT molecular complexity index is 35.9. The van der Waals surface area contributed by atoms with E-state index in [0.29, 0.717) is 0 Å². The molecule has 0 heterocycles. The fourth-order valence-electron chi connectivity index (χ4n) is 0. The van der Waals surface area contributed by atoms with E-state index in [4.69, 9.17) is 15.0 Å². The number of carbonyl (C=O) groups excluding carboxylic acids is 1. The summed E-state index contributed by atoms with van der Waals surface area (Å²) in [5, 5.41) is 16.7. The molecule has 0 saturated heterocycles. The topological polar surface area (TPSA) is 63.2 Å². The maximum absolute atomic E-state index is 8.33. The van der Waals surface area contributed by atoms with Gasteiger partial charge in [-0.3, -0.25) is 0 Å². The average molecular weight is 132 g/mol. The fraction of sp³-hybridized carbons (Fsp3) is 0. The van der Waals surface area contributed by atoms with Crippen LogP contribution in [0.2, 0.25) is 0 Å². The molecule has 0 amide bonds. The SMILES string of the molecule is O=C([O-])[O-].[Mg+2].[NaH].[NaH]. The summed E-state index contributed by atoms with van der Waals surface area (Å²) < 4.78 is 0. The molecule has 0 radical (unpaired) electrons. The van der Waals surface area contributed by atoms with E-state index in [0.717, 1.165) is 0 Å².